The molecule has 1 aliphatic heterocycles. The topological polar surface area (TPSA) is 64.8 Å². The number of rotatable bonds is 2. The zero-order chi connectivity index (χ0) is 14.0. The first kappa shape index (κ1) is 13.8. The molecule has 19 heavy (non-hydrogen) atoms. The molecule has 0 saturated heterocycles. The average molecular weight is 264 g/mol. The zero-order valence-corrected chi connectivity index (χ0v) is 11.6. The third-order valence-electron chi connectivity index (χ3n) is 3.47. The van der Waals surface area contributed by atoms with E-state index >= 15 is 0 Å². The van der Waals surface area contributed by atoms with E-state index in [9.17, 15) is 4.79 Å². The van der Waals surface area contributed by atoms with Crippen molar-refractivity contribution in [2.45, 2.75) is 32.6 Å². The normalized spacial score (nSPS) is 21.7. The molecule has 2 atom stereocenters. The predicted molar refractivity (Wildman–Crippen MR) is 71.9 cm³/mol. The van der Waals surface area contributed by atoms with Crippen LogP contribution in [-0.2, 0) is 11.3 Å². The molecule has 0 bridgehead atoms. The van der Waals surface area contributed by atoms with E-state index in [4.69, 9.17) is 15.2 Å². The third-order valence-corrected chi connectivity index (χ3v) is 3.47. The Kier molecular flexibility index (Phi) is 4.07. The molecular weight excluding hydrogens is 244 g/mol. The first-order valence-corrected chi connectivity index (χ1v) is 6.46. The number of carbonyl (C=O) groups excluding carboxylic acids is 1. The molecule has 1 heterocycles. The smallest absolute Gasteiger partial charge is 0.410 e. The molecule has 0 aliphatic carbocycles. The minimum absolute atomic E-state index is 0.00660. The number of hydrogen-bond donors (Lipinski definition) is 1. The molecule has 1 aliphatic rings. The second kappa shape index (κ2) is 5.59. The van der Waals surface area contributed by atoms with Gasteiger partial charge < -0.3 is 20.1 Å². The van der Waals surface area contributed by atoms with E-state index in [0.29, 0.717) is 18.9 Å². The van der Waals surface area contributed by atoms with Crippen LogP contribution in [0.25, 0.3) is 0 Å². The fourth-order valence-electron chi connectivity index (χ4n) is 1.98. The highest BCUT2D eigenvalue weighted by Gasteiger charge is 2.24. The highest BCUT2D eigenvalue weighted by Crippen LogP contribution is 2.30. The lowest BCUT2D eigenvalue weighted by atomic mass is 9.95. The van der Waals surface area contributed by atoms with Gasteiger partial charge in [-0.3, -0.25) is 0 Å². The fraction of sp³-hybridized carbons (Fsp3) is 0.500. The molecule has 0 fully saturated rings. The van der Waals surface area contributed by atoms with Crippen molar-refractivity contribution in [2.75, 3.05) is 13.6 Å². The Bertz CT molecular complexity index is 476. The summed E-state index contributed by atoms with van der Waals surface area (Å²) in [4.78, 5) is 13.2. The molecule has 5 nitrogen and oxygen atoms in total. The molecule has 1 aromatic carbocycles. The van der Waals surface area contributed by atoms with Crippen molar-refractivity contribution < 1.29 is 14.3 Å². The summed E-state index contributed by atoms with van der Waals surface area (Å²) in [6.07, 6.45) is -0.357. The second-order valence-electron chi connectivity index (χ2n) is 4.78. The number of nitrogens with two attached hydrogens (primary N) is 1. The maximum Gasteiger partial charge on any atom is 0.414 e. The molecule has 0 radical (unpaired) electrons. The van der Waals surface area contributed by atoms with Crippen LogP contribution in [0, 0.1) is 0 Å². The van der Waals surface area contributed by atoms with Gasteiger partial charge in [-0.25, -0.2) is 4.79 Å². The third kappa shape index (κ3) is 2.88. The Labute approximate surface area is 113 Å². The van der Waals surface area contributed by atoms with Crippen LogP contribution >= 0.6 is 0 Å². The Balaban J connectivity index is 2.16. The van der Waals surface area contributed by atoms with Crippen LogP contribution in [-0.4, -0.2) is 30.7 Å². The highest BCUT2D eigenvalue weighted by molar-refractivity contribution is 5.70. The highest BCUT2D eigenvalue weighted by atomic mass is 16.6. The molecule has 1 aromatic rings. The Morgan fingerprint density at radius 1 is 1.58 bits per heavy atom. The van der Waals surface area contributed by atoms with Crippen molar-refractivity contribution in [3.63, 3.8) is 0 Å². The van der Waals surface area contributed by atoms with Crippen LogP contribution in [0.5, 0.6) is 5.75 Å². The van der Waals surface area contributed by atoms with E-state index in [1.807, 2.05) is 26.0 Å². The molecule has 5 heteroatoms. The lowest BCUT2D eigenvalue weighted by molar-refractivity contribution is 0.0212. The minimum Gasteiger partial charge on any atom is -0.410 e. The Morgan fingerprint density at radius 2 is 2.32 bits per heavy atom. The number of hydrogen-bond acceptors (Lipinski definition) is 4. The Morgan fingerprint density at radius 3 is 3.00 bits per heavy atom. The first-order valence-electron chi connectivity index (χ1n) is 6.46. The number of amides is 1. The number of benzene rings is 1. The van der Waals surface area contributed by atoms with Gasteiger partial charge in [0, 0.05) is 13.6 Å². The lowest BCUT2D eigenvalue weighted by Gasteiger charge is -2.29. The number of carbonyl (C=O) groups is 1. The number of nitrogens with zero attached hydrogens (tertiary/aromatic N) is 1. The number of fused-ring (bicyclic) bond motifs is 1. The van der Waals surface area contributed by atoms with Gasteiger partial charge in [0.1, 0.15) is 5.75 Å². The molecule has 0 unspecified atom stereocenters. The summed E-state index contributed by atoms with van der Waals surface area (Å²) < 4.78 is 10.9. The lowest BCUT2D eigenvalue weighted by Crippen LogP contribution is -2.32. The summed E-state index contributed by atoms with van der Waals surface area (Å²) in [6, 6.07) is 5.38. The molecule has 104 valence electrons. The van der Waals surface area contributed by atoms with Gasteiger partial charge in [0.25, 0.3) is 0 Å². The van der Waals surface area contributed by atoms with E-state index in [1.54, 1.807) is 13.1 Å². The van der Waals surface area contributed by atoms with Crippen molar-refractivity contribution in [3.05, 3.63) is 29.3 Å². The number of ether oxygens (including phenoxy) is 2. The van der Waals surface area contributed by atoms with Crippen molar-refractivity contribution in [2.24, 2.45) is 5.73 Å². The molecule has 1 amide bonds. The summed E-state index contributed by atoms with van der Waals surface area (Å²) >= 11 is 0. The quantitative estimate of drug-likeness (QED) is 0.888. The van der Waals surface area contributed by atoms with Gasteiger partial charge >= 0.3 is 6.09 Å². The van der Waals surface area contributed by atoms with Crippen LogP contribution in [0.3, 0.4) is 0 Å². The van der Waals surface area contributed by atoms with Gasteiger partial charge in [-0.15, -0.1) is 0 Å². The van der Waals surface area contributed by atoms with Gasteiger partial charge in [0.15, 0.2) is 0 Å². The average Bonchev–Trinajstić information content (AvgIpc) is 2.42. The monoisotopic (exact) mass is 264 g/mol. The molecule has 0 saturated carbocycles. The van der Waals surface area contributed by atoms with Crippen LogP contribution in [0.2, 0.25) is 0 Å². The van der Waals surface area contributed by atoms with Crippen LogP contribution < -0.4 is 10.5 Å². The van der Waals surface area contributed by atoms with E-state index in [-0.39, 0.29) is 18.2 Å². The van der Waals surface area contributed by atoms with Gasteiger partial charge in [-0.1, -0.05) is 6.07 Å². The molecule has 0 aromatic heterocycles. The summed E-state index contributed by atoms with van der Waals surface area (Å²) in [5.41, 5.74) is 8.11. The Hall–Kier alpha value is -1.59. The minimum atomic E-state index is -0.364. The van der Waals surface area contributed by atoms with Crippen molar-refractivity contribution in [1.82, 2.24) is 4.90 Å². The van der Waals surface area contributed by atoms with Crippen LogP contribution in [0.4, 0.5) is 4.79 Å². The van der Waals surface area contributed by atoms with Gasteiger partial charge in [0.05, 0.1) is 18.8 Å². The van der Waals surface area contributed by atoms with E-state index in [0.717, 1.165) is 11.1 Å². The van der Waals surface area contributed by atoms with Gasteiger partial charge in [-0.2, -0.15) is 0 Å². The maximum absolute atomic E-state index is 11.7. The molecule has 2 rings (SSSR count). The maximum atomic E-state index is 11.7. The standard InChI is InChI=1S/C14H20N2O3/c1-4-16(3)14(17)19-11-5-6-12-10(7-11)8-18-9(2)13(12)15/h5-7,9,13H,4,8,15H2,1-3H3/t9-,13-/m1/s1. The summed E-state index contributed by atoms with van der Waals surface area (Å²) in [7, 11) is 1.70. The fourth-order valence-corrected chi connectivity index (χ4v) is 1.98. The second-order valence-corrected chi connectivity index (χ2v) is 4.78. The van der Waals surface area contributed by atoms with Crippen molar-refractivity contribution >= 4 is 6.09 Å². The molecular formula is C14H20N2O3. The SMILES string of the molecule is CCN(C)C(=O)Oc1ccc2c(c1)CO[C@H](C)[C@H]2N. The van der Waals surface area contributed by atoms with Crippen molar-refractivity contribution in [1.29, 1.82) is 0 Å². The van der Waals surface area contributed by atoms with Crippen LogP contribution in [0.15, 0.2) is 18.2 Å². The van der Waals surface area contributed by atoms with Crippen LogP contribution in [0.1, 0.15) is 31.0 Å². The predicted octanol–water partition coefficient (Wildman–Crippen LogP) is 2.06. The van der Waals surface area contributed by atoms with Gasteiger partial charge in [-0.05, 0) is 37.1 Å². The van der Waals surface area contributed by atoms with E-state index in [1.165, 1.54) is 4.90 Å². The van der Waals surface area contributed by atoms with E-state index in [2.05, 4.69) is 0 Å². The molecule has 0 spiro atoms. The first-order chi connectivity index (χ1) is 9.02. The van der Waals surface area contributed by atoms with Crippen molar-refractivity contribution in [3.8, 4) is 5.75 Å². The van der Waals surface area contributed by atoms with Gasteiger partial charge in [0.2, 0.25) is 0 Å². The largest absolute Gasteiger partial charge is 0.414 e. The molecule has 2 N–H and O–H groups in total. The summed E-state index contributed by atoms with van der Waals surface area (Å²) in [6.45, 7) is 4.95. The zero-order valence-electron chi connectivity index (χ0n) is 11.6. The van der Waals surface area contributed by atoms with E-state index < -0.39 is 0 Å². The summed E-state index contributed by atoms with van der Waals surface area (Å²) in [5.74, 6) is 0.523. The summed E-state index contributed by atoms with van der Waals surface area (Å²) in [5, 5.41) is 0.